The van der Waals surface area contributed by atoms with Crippen LogP contribution in [0.2, 0.25) is 0 Å². The summed E-state index contributed by atoms with van der Waals surface area (Å²) in [5.74, 6) is 1.01. The van der Waals surface area contributed by atoms with Gasteiger partial charge in [0.25, 0.3) is 5.91 Å². The number of amides is 1. The molecule has 0 unspecified atom stereocenters. The number of para-hydroxylation sites is 1. The number of hydrogen-bond donors (Lipinski definition) is 3. The molecule has 0 aliphatic heterocycles. The zero-order valence-electron chi connectivity index (χ0n) is 15.1. The van der Waals surface area contributed by atoms with Crippen LogP contribution in [-0.4, -0.2) is 43.5 Å². The molecule has 2 aromatic carbocycles. The molecule has 27 heavy (non-hydrogen) atoms. The Morgan fingerprint density at radius 3 is 2.52 bits per heavy atom. The van der Waals surface area contributed by atoms with Crippen molar-refractivity contribution in [2.24, 2.45) is 5.10 Å². The average Bonchev–Trinajstić information content (AvgIpc) is 3.11. The minimum atomic E-state index is -0.446. The minimum absolute atomic E-state index is 0.0741. The Balaban J connectivity index is 1.88. The van der Waals surface area contributed by atoms with Crippen LogP contribution in [0.15, 0.2) is 41.5 Å². The van der Waals surface area contributed by atoms with Crippen LogP contribution in [0.1, 0.15) is 16.1 Å². The second-order valence-corrected chi connectivity index (χ2v) is 5.55. The van der Waals surface area contributed by atoms with E-state index in [0.29, 0.717) is 33.7 Å². The van der Waals surface area contributed by atoms with Crippen molar-refractivity contribution >= 4 is 23.0 Å². The zero-order chi connectivity index (χ0) is 19.4. The summed E-state index contributed by atoms with van der Waals surface area (Å²) in [6.45, 7) is 0. The fourth-order valence-corrected chi connectivity index (χ4v) is 2.69. The van der Waals surface area contributed by atoms with Gasteiger partial charge in [-0.1, -0.05) is 12.1 Å². The van der Waals surface area contributed by atoms with E-state index in [0.717, 1.165) is 0 Å². The molecule has 0 radical (unpaired) electrons. The van der Waals surface area contributed by atoms with Gasteiger partial charge in [-0.05, 0) is 18.2 Å². The first-order valence-electron chi connectivity index (χ1n) is 8.02. The molecule has 3 N–H and O–H groups in total. The number of carbonyl (C=O) groups is 1. The fraction of sp³-hybridized carbons (Fsp3) is 0.158. The summed E-state index contributed by atoms with van der Waals surface area (Å²) in [6.07, 6.45) is 1.36. The number of aromatic amines is 1. The number of nitrogens with zero attached hydrogens (tertiary/aromatic N) is 1. The van der Waals surface area contributed by atoms with Gasteiger partial charge >= 0.3 is 0 Å². The number of aromatic hydroxyl groups is 1. The first kappa shape index (κ1) is 18.1. The van der Waals surface area contributed by atoms with E-state index in [-0.39, 0.29) is 11.4 Å². The highest BCUT2D eigenvalue weighted by Crippen LogP contribution is 2.43. The van der Waals surface area contributed by atoms with Crippen LogP contribution in [0, 0.1) is 0 Å². The summed E-state index contributed by atoms with van der Waals surface area (Å²) >= 11 is 0. The van der Waals surface area contributed by atoms with Crippen LogP contribution in [-0.2, 0) is 0 Å². The van der Waals surface area contributed by atoms with Crippen molar-refractivity contribution in [3.63, 3.8) is 0 Å². The molecular weight excluding hydrogens is 350 g/mol. The molecule has 0 saturated heterocycles. The van der Waals surface area contributed by atoms with Crippen molar-refractivity contribution in [3.8, 4) is 23.0 Å². The van der Waals surface area contributed by atoms with E-state index < -0.39 is 5.91 Å². The highest BCUT2D eigenvalue weighted by atomic mass is 16.5. The topological polar surface area (TPSA) is 105 Å². The Hall–Kier alpha value is -3.68. The number of methoxy groups -OCH3 is 3. The van der Waals surface area contributed by atoms with Gasteiger partial charge in [0, 0.05) is 17.0 Å². The SMILES string of the molecule is COc1cc2[nH]c(C(=O)NN=Cc3ccccc3O)cc2c(OC)c1OC. The first-order valence-corrected chi connectivity index (χ1v) is 8.02. The summed E-state index contributed by atoms with van der Waals surface area (Å²) in [7, 11) is 4.55. The van der Waals surface area contributed by atoms with E-state index in [4.69, 9.17) is 14.2 Å². The molecule has 0 aliphatic rings. The van der Waals surface area contributed by atoms with Gasteiger partial charge in [0.1, 0.15) is 11.4 Å². The van der Waals surface area contributed by atoms with E-state index in [1.54, 1.807) is 30.3 Å². The summed E-state index contributed by atoms with van der Waals surface area (Å²) in [4.78, 5) is 15.4. The molecule has 0 aliphatic carbocycles. The van der Waals surface area contributed by atoms with Gasteiger partial charge in [-0.3, -0.25) is 4.79 Å². The number of hydrogen-bond acceptors (Lipinski definition) is 6. The highest BCUT2D eigenvalue weighted by Gasteiger charge is 2.19. The van der Waals surface area contributed by atoms with E-state index in [1.165, 1.54) is 33.6 Å². The monoisotopic (exact) mass is 369 g/mol. The number of H-pyrrole nitrogens is 1. The third-order valence-corrected chi connectivity index (χ3v) is 3.98. The number of phenolic OH excluding ortho intramolecular Hbond substituents is 1. The summed E-state index contributed by atoms with van der Waals surface area (Å²) in [6, 6.07) is 10.0. The molecule has 3 rings (SSSR count). The second kappa shape index (κ2) is 7.69. The molecule has 1 amide bonds. The lowest BCUT2D eigenvalue weighted by atomic mass is 10.2. The third kappa shape index (κ3) is 3.50. The van der Waals surface area contributed by atoms with Gasteiger partial charge in [0.15, 0.2) is 11.5 Å². The number of carbonyl (C=O) groups excluding carboxylic acids is 1. The smallest absolute Gasteiger partial charge is 0.287 e. The largest absolute Gasteiger partial charge is 0.507 e. The summed E-state index contributed by atoms with van der Waals surface area (Å²) in [5.41, 5.74) is 3.84. The number of aromatic nitrogens is 1. The molecule has 3 aromatic rings. The first-order chi connectivity index (χ1) is 13.1. The normalized spacial score (nSPS) is 10.9. The lowest BCUT2D eigenvalue weighted by molar-refractivity contribution is 0.0951. The maximum atomic E-state index is 12.4. The molecular formula is C19H19N3O5. The van der Waals surface area contributed by atoms with Crippen LogP contribution in [0.4, 0.5) is 0 Å². The van der Waals surface area contributed by atoms with E-state index in [1.807, 2.05) is 0 Å². The van der Waals surface area contributed by atoms with Crippen molar-refractivity contribution in [1.29, 1.82) is 0 Å². The number of fused-ring (bicyclic) bond motifs is 1. The number of rotatable bonds is 6. The van der Waals surface area contributed by atoms with Gasteiger partial charge < -0.3 is 24.3 Å². The Kier molecular flexibility index (Phi) is 5.16. The Bertz CT molecular complexity index is 1010. The minimum Gasteiger partial charge on any atom is -0.507 e. The maximum absolute atomic E-state index is 12.4. The van der Waals surface area contributed by atoms with Crippen LogP contribution < -0.4 is 19.6 Å². The Labute approximate surface area is 155 Å². The summed E-state index contributed by atoms with van der Waals surface area (Å²) < 4.78 is 16.1. The van der Waals surface area contributed by atoms with Crippen molar-refractivity contribution in [2.75, 3.05) is 21.3 Å². The fourth-order valence-electron chi connectivity index (χ4n) is 2.69. The van der Waals surface area contributed by atoms with Gasteiger partial charge in [0.2, 0.25) is 5.75 Å². The van der Waals surface area contributed by atoms with Crippen LogP contribution in [0.3, 0.4) is 0 Å². The number of hydrazone groups is 1. The van der Waals surface area contributed by atoms with Crippen molar-refractivity contribution in [3.05, 3.63) is 47.7 Å². The number of ether oxygens (including phenoxy) is 3. The van der Waals surface area contributed by atoms with Crippen LogP contribution in [0.25, 0.3) is 10.9 Å². The Morgan fingerprint density at radius 1 is 1.11 bits per heavy atom. The highest BCUT2D eigenvalue weighted by molar-refractivity contribution is 6.01. The maximum Gasteiger partial charge on any atom is 0.287 e. The van der Waals surface area contributed by atoms with Crippen molar-refractivity contribution in [1.82, 2.24) is 10.4 Å². The van der Waals surface area contributed by atoms with E-state index in [9.17, 15) is 9.90 Å². The lowest BCUT2D eigenvalue weighted by Crippen LogP contribution is -2.17. The molecule has 0 atom stereocenters. The average molecular weight is 369 g/mol. The van der Waals surface area contributed by atoms with Gasteiger partial charge in [-0.2, -0.15) is 5.10 Å². The van der Waals surface area contributed by atoms with Gasteiger partial charge in [-0.25, -0.2) is 5.43 Å². The molecule has 0 fully saturated rings. The quantitative estimate of drug-likeness (QED) is 0.458. The van der Waals surface area contributed by atoms with Crippen molar-refractivity contribution < 1.29 is 24.1 Å². The number of phenols is 1. The van der Waals surface area contributed by atoms with Gasteiger partial charge in [-0.15, -0.1) is 0 Å². The lowest BCUT2D eigenvalue weighted by Gasteiger charge is -2.12. The standard InChI is InChI=1S/C19H19N3O5/c1-25-16-9-13-12(17(26-2)18(16)27-3)8-14(21-13)19(24)22-20-10-11-6-4-5-7-15(11)23/h4-10,21,23H,1-3H3,(H,22,24). The molecule has 1 aromatic heterocycles. The number of nitrogens with one attached hydrogen (secondary N) is 2. The molecule has 8 heteroatoms. The molecule has 140 valence electrons. The van der Waals surface area contributed by atoms with E-state index in [2.05, 4.69) is 15.5 Å². The predicted octanol–water partition coefficient (Wildman–Crippen LogP) is 2.66. The zero-order valence-corrected chi connectivity index (χ0v) is 15.1. The molecule has 8 nitrogen and oxygen atoms in total. The van der Waals surface area contributed by atoms with Gasteiger partial charge in [0.05, 0.1) is 33.1 Å². The molecule has 0 bridgehead atoms. The Morgan fingerprint density at radius 2 is 1.85 bits per heavy atom. The molecule has 0 spiro atoms. The number of benzene rings is 2. The summed E-state index contributed by atoms with van der Waals surface area (Å²) in [5, 5.41) is 14.2. The third-order valence-electron chi connectivity index (χ3n) is 3.98. The van der Waals surface area contributed by atoms with Crippen LogP contribution >= 0.6 is 0 Å². The molecule has 0 saturated carbocycles. The van der Waals surface area contributed by atoms with Crippen LogP contribution in [0.5, 0.6) is 23.0 Å². The predicted molar refractivity (Wildman–Crippen MR) is 101 cm³/mol. The van der Waals surface area contributed by atoms with Crippen molar-refractivity contribution in [2.45, 2.75) is 0 Å². The molecule has 1 heterocycles. The second-order valence-electron chi connectivity index (χ2n) is 5.55. The van der Waals surface area contributed by atoms with E-state index >= 15 is 0 Å².